The first-order valence-corrected chi connectivity index (χ1v) is 5.33. The molecule has 1 aliphatic rings. The summed E-state index contributed by atoms with van der Waals surface area (Å²) in [6.45, 7) is 4.79. The molecule has 0 spiro atoms. The first-order chi connectivity index (χ1) is 7.65. The molecule has 2 rings (SSSR count). The molecule has 0 saturated carbocycles. The minimum absolute atomic E-state index is 0.329. The van der Waals surface area contributed by atoms with Crippen molar-refractivity contribution in [1.82, 2.24) is 5.32 Å². The summed E-state index contributed by atoms with van der Waals surface area (Å²) in [7, 11) is 0. The Labute approximate surface area is 94.6 Å². The van der Waals surface area contributed by atoms with Crippen molar-refractivity contribution in [1.29, 1.82) is 0 Å². The lowest BCUT2D eigenvalue weighted by Crippen LogP contribution is -2.37. The molecule has 1 atom stereocenters. The Kier molecular flexibility index (Phi) is 2.73. The average molecular weight is 221 g/mol. The standard InChI is InChI=1S/C12H15NO3/c1-3-15-10-7-5-4-6-9(10)12(2)8-16-11(14)13-12/h4-7H,3,8H2,1-2H3,(H,13,14). The molecule has 86 valence electrons. The van der Waals surface area contributed by atoms with Crippen molar-refractivity contribution in [3.05, 3.63) is 29.8 Å². The molecule has 0 aliphatic carbocycles. The van der Waals surface area contributed by atoms with Gasteiger partial charge in [0.15, 0.2) is 0 Å². The number of hydrogen-bond acceptors (Lipinski definition) is 3. The van der Waals surface area contributed by atoms with Gasteiger partial charge in [0.1, 0.15) is 17.9 Å². The van der Waals surface area contributed by atoms with Crippen LogP contribution >= 0.6 is 0 Å². The third-order valence-corrected chi connectivity index (χ3v) is 2.65. The average Bonchev–Trinajstić information content (AvgIpc) is 2.61. The zero-order chi connectivity index (χ0) is 11.6. The minimum atomic E-state index is -0.497. The molecule has 4 nitrogen and oxygen atoms in total. The predicted molar refractivity (Wildman–Crippen MR) is 59.4 cm³/mol. The van der Waals surface area contributed by atoms with Crippen molar-refractivity contribution >= 4 is 6.09 Å². The molecule has 1 amide bonds. The van der Waals surface area contributed by atoms with Gasteiger partial charge in [0.2, 0.25) is 0 Å². The van der Waals surface area contributed by atoms with Gasteiger partial charge in [-0.3, -0.25) is 0 Å². The second-order valence-electron chi connectivity index (χ2n) is 3.96. The summed E-state index contributed by atoms with van der Waals surface area (Å²) in [5.74, 6) is 0.790. The number of benzene rings is 1. The maximum absolute atomic E-state index is 11.1. The topological polar surface area (TPSA) is 47.6 Å². The quantitative estimate of drug-likeness (QED) is 0.849. The van der Waals surface area contributed by atoms with E-state index < -0.39 is 5.54 Å². The first kappa shape index (κ1) is 10.8. The fourth-order valence-electron chi connectivity index (χ4n) is 1.86. The Balaban J connectivity index is 2.35. The number of rotatable bonds is 3. The lowest BCUT2D eigenvalue weighted by atomic mass is 9.93. The lowest BCUT2D eigenvalue weighted by molar-refractivity contribution is 0.173. The van der Waals surface area contributed by atoms with Crippen molar-refractivity contribution in [2.75, 3.05) is 13.2 Å². The SMILES string of the molecule is CCOc1ccccc1C1(C)COC(=O)N1. The number of carbonyl (C=O) groups is 1. The molecule has 1 aromatic carbocycles. The minimum Gasteiger partial charge on any atom is -0.494 e. The maximum Gasteiger partial charge on any atom is 0.408 e. The zero-order valence-corrected chi connectivity index (χ0v) is 9.45. The van der Waals surface area contributed by atoms with E-state index in [0.717, 1.165) is 11.3 Å². The van der Waals surface area contributed by atoms with Gasteiger partial charge in [0.05, 0.1) is 6.61 Å². The highest BCUT2D eigenvalue weighted by Crippen LogP contribution is 2.32. The Bertz CT molecular complexity index is 405. The lowest BCUT2D eigenvalue weighted by Gasteiger charge is -2.24. The molecule has 1 saturated heterocycles. The molecule has 1 unspecified atom stereocenters. The zero-order valence-electron chi connectivity index (χ0n) is 9.45. The molecule has 4 heteroatoms. The van der Waals surface area contributed by atoms with Gasteiger partial charge in [-0.05, 0) is 19.9 Å². The van der Waals surface area contributed by atoms with E-state index in [1.165, 1.54) is 0 Å². The first-order valence-electron chi connectivity index (χ1n) is 5.33. The van der Waals surface area contributed by atoms with E-state index in [-0.39, 0.29) is 6.09 Å². The van der Waals surface area contributed by atoms with Crippen molar-refractivity contribution in [3.63, 3.8) is 0 Å². The molecule has 1 heterocycles. The Morgan fingerprint density at radius 3 is 2.88 bits per heavy atom. The van der Waals surface area contributed by atoms with Gasteiger partial charge in [-0.1, -0.05) is 18.2 Å². The van der Waals surface area contributed by atoms with Crippen LogP contribution in [0.15, 0.2) is 24.3 Å². The van der Waals surface area contributed by atoms with Crippen molar-refractivity contribution < 1.29 is 14.3 Å². The van der Waals surface area contributed by atoms with Gasteiger partial charge in [-0.25, -0.2) is 4.79 Å². The van der Waals surface area contributed by atoms with E-state index in [9.17, 15) is 4.79 Å². The van der Waals surface area contributed by atoms with Crippen LogP contribution in [0.5, 0.6) is 5.75 Å². The number of hydrogen-bond donors (Lipinski definition) is 1. The van der Waals surface area contributed by atoms with E-state index in [0.29, 0.717) is 13.2 Å². The summed E-state index contributed by atoms with van der Waals surface area (Å²) < 4.78 is 10.5. The van der Waals surface area contributed by atoms with Crippen LogP contribution in [0, 0.1) is 0 Å². The van der Waals surface area contributed by atoms with Gasteiger partial charge >= 0.3 is 6.09 Å². The second kappa shape index (κ2) is 4.04. The van der Waals surface area contributed by atoms with Crippen LogP contribution in [0.4, 0.5) is 4.79 Å². The molecular weight excluding hydrogens is 206 g/mol. The van der Waals surface area contributed by atoms with Crippen molar-refractivity contribution in [3.8, 4) is 5.75 Å². The number of alkyl carbamates (subject to hydrolysis) is 1. The summed E-state index contributed by atoms with van der Waals surface area (Å²) in [6, 6.07) is 7.68. The number of nitrogens with one attached hydrogen (secondary N) is 1. The molecule has 1 aliphatic heterocycles. The number of cyclic esters (lactones) is 1. The van der Waals surface area contributed by atoms with Crippen LogP contribution in [0.2, 0.25) is 0 Å². The fourth-order valence-corrected chi connectivity index (χ4v) is 1.86. The largest absolute Gasteiger partial charge is 0.494 e. The highest BCUT2D eigenvalue weighted by Gasteiger charge is 2.38. The molecule has 1 fully saturated rings. The summed E-state index contributed by atoms with van der Waals surface area (Å²) >= 11 is 0. The summed E-state index contributed by atoms with van der Waals surface area (Å²) in [5, 5.41) is 2.80. The third-order valence-electron chi connectivity index (χ3n) is 2.65. The third kappa shape index (κ3) is 1.83. The molecule has 16 heavy (non-hydrogen) atoms. The van der Waals surface area contributed by atoms with Gasteiger partial charge < -0.3 is 14.8 Å². The fraction of sp³-hybridized carbons (Fsp3) is 0.417. The van der Waals surface area contributed by atoms with E-state index in [2.05, 4.69) is 5.32 Å². The van der Waals surface area contributed by atoms with Crippen molar-refractivity contribution in [2.24, 2.45) is 0 Å². The monoisotopic (exact) mass is 221 g/mol. The second-order valence-corrected chi connectivity index (χ2v) is 3.96. The van der Waals surface area contributed by atoms with E-state index in [1.807, 2.05) is 38.1 Å². The highest BCUT2D eigenvalue weighted by molar-refractivity contribution is 5.71. The molecule has 1 aromatic rings. The molecular formula is C12H15NO3. The Morgan fingerprint density at radius 2 is 2.25 bits per heavy atom. The molecule has 0 aromatic heterocycles. The van der Waals surface area contributed by atoms with Gasteiger partial charge in [0.25, 0.3) is 0 Å². The molecule has 1 N–H and O–H groups in total. The van der Waals surface area contributed by atoms with E-state index in [4.69, 9.17) is 9.47 Å². The molecule has 0 bridgehead atoms. The van der Waals surface area contributed by atoms with Crippen LogP contribution in [0.25, 0.3) is 0 Å². The van der Waals surface area contributed by atoms with Crippen LogP contribution in [0.1, 0.15) is 19.4 Å². The van der Waals surface area contributed by atoms with Crippen LogP contribution in [0.3, 0.4) is 0 Å². The maximum atomic E-state index is 11.1. The predicted octanol–water partition coefficient (Wildman–Crippen LogP) is 2.04. The number of para-hydroxylation sites is 1. The van der Waals surface area contributed by atoms with E-state index >= 15 is 0 Å². The summed E-state index contributed by atoms with van der Waals surface area (Å²) in [4.78, 5) is 11.1. The van der Waals surface area contributed by atoms with Crippen LogP contribution in [-0.2, 0) is 10.3 Å². The normalized spacial score (nSPS) is 23.8. The Morgan fingerprint density at radius 1 is 1.50 bits per heavy atom. The summed E-state index contributed by atoms with van der Waals surface area (Å²) in [5.41, 5.74) is 0.450. The number of ether oxygens (including phenoxy) is 2. The number of amides is 1. The van der Waals surface area contributed by atoms with Gasteiger partial charge in [-0.2, -0.15) is 0 Å². The van der Waals surface area contributed by atoms with Gasteiger partial charge in [-0.15, -0.1) is 0 Å². The van der Waals surface area contributed by atoms with Crippen LogP contribution in [-0.4, -0.2) is 19.3 Å². The molecule has 0 radical (unpaired) electrons. The summed E-state index contributed by atoms with van der Waals surface area (Å²) in [6.07, 6.45) is -0.381. The highest BCUT2D eigenvalue weighted by atomic mass is 16.6. The van der Waals surface area contributed by atoms with Gasteiger partial charge in [0, 0.05) is 5.56 Å². The number of carbonyl (C=O) groups excluding carboxylic acids is 1. The van der Waals surface area contributed by atoms with E-state index in [1.54, 1.807) is 0 Å². The van der Waals surface area contributed by atoms with Crippen molar-refractivity contribution in [2.45, 2.75) is 19.4 Å². The van der Waals surface area contributed by atoms with Crippen LogP contribution < -0.4 is 10.1 Å². The smallest absolute Gasteiger partial charge is 0.408 e. The Hall–Kier alpha value is -1.71.